The third-order valence-electron chi connectivity index (χ3n) is 4.61. The second-order valence-electron chi connectivity index (χ2n) is 7.34. The van der Waals surface area contributed by atoms with Gasteiger partial charge in [0.2, 0.25) is 0 Å². The van der Waals surface area contributed by atoms with Gasteiger partial charge in [-0.25, -0.2) is 4.98 Å². The molecular weight excluding hydrogens is 345 g/mol. The lowest BCUT2D eigenvalue weighted by Crippen LogP contribution is -2.39. The molecule has 1 N–H and O–H groups in total. The number of halogens is 3. The highest BCUT2D eigenvalue weighted by molar-refractivity contribution is 5.45. The zero-order valence-corrected chi connectivity index (χ0v) is 15.3. The number of aryl methyl sites for hydroxylation is 1. The number of hydrogen-bond acceptors (Lipinski definition) is 5. The van der Waals surface area contributed by atoms with Crippen LogP contribution in [-0.4, -0.2) is 50.2 Å². The number of hydrogen-bond donors (Lipinski definition) is 1. The molecule has 26 heavy (non-hydrogen) atoms. The lowest BCUT2D eigenvalue weighted by molar-refractivity contribution is -0.144. The Morgan fingerprint density at radius 1 is 1.19 bits per heavy atom. The van der Waals surface area contributed by atoms with Gasteiger partial charge >= 0.3 is 6.18 Å². The minimum atomic E-state index is -4.59. The average molecular weight is 370 g/mol. The van der Waals surface area contributed by atoms with Crippen molar-refractivity contribution in [3.05, 3.63) is 17.6 Å². The number of fused-ring (bicyclic) bond motifs is 1. The van der Waals surface area contributed by atoms with E-state index in [0.29, 0.717) is 30.0 Å². The summed E-state index contributed by atoms with van der Waals surface area (Å²) in [5.41, 5.74) is 0.600. The molecule has 1 atom stereocenters. The van der Waals surface area contributed by atoms with E-state index >= 15 is 0 Å². The molecule has 1 aliphatic heterocycles. The van der Waals surface area contributed by atoms with Gasteiger partial charge in [0.15, 0.2) is 0 Å². The molecule has 3 heterocycles. The summed E-state index contributed by atoms with van der Waals surface area (Å²) in [6, 6.07) is 2.05. The number of nitrogens with one attached hydrogen (secondary N) is 1. The first-order chi connectivity index (χ1) is 12.2. The van der Waals surface area contributed by atoms with Crippen molar-refractivity contribution in [1.82, 2.24) is 24.5 Å². The Kier molecular flexibility index (Phi) is 5.36. The number of likely N-dealkylation sites (tertiary alicyclic amines) is 1. The molecule has 6 nitrogen and oxygen atoms in total. The first-order valence-electron chi connectivity index (χ1n) is 9.03. The van der Waals surface area contributed by atoms with Crippen molar-refractivity contribution in [1.29, 1.82) is 0 Å². The standard InChI is InChI=1S/C17H25F3N6/c1-11(2)8-13(25-6-4-5-7-25)10-21-14-9-12(3)22-16-23-15(17(18,19)20)24-26(14)16/h9,11,13,21H,4-8,10H2,1-3H3/t13-/m1/s1. The molecule has 1 fully saturated rings. The number of anilines is 1. The molecule has 0 aliphatic carbocycles. The van der Waals surface area contributed by atoms with Gasteiger partial charge in [-0.05, 0) is 45.2 Å². The molecule has 0 unspecified atom stereocenters. The largest absolute Gasteiger partial charge is 0.453 e. The van der Waals surface area contributed by atoms with E-state index < -0.39 is 12.0 Å². The summed E-state index contributed by atoms with van der Waals surface area (Å²) < 4.78 is 39.9. The van der Waals surface area contributed by atoms with Crippen LogP contribution < -0.4 is 5.32 Å². The fourth-order valence-electron chi connectivity index (χ4n) is 3.47. The summed E-state index contributed by atoms with van der Waals surface area (Å²) in [6.45, 7) is 8.91. The lowest BCUT2D eigenvalue weighted by Gasteiger charge is -2.29. The summed E-state index contributed by atoms with van der Waals surface area (Å²) in [6.07, 6.45) is -1.16. The van der Waals surface area contributed by atoms with E-state index in [2.05, 4.69) is 39.1 Å². The Balaban J connectivity index is 1.83. The smallest absolute Gasteiger partial charge is 0.368 e. The molecule has 0 spiro atoms. The van der Waals surface area contributed by atoms with Crippen molar-refractivity contribution < 1.29 is 13.2 Å². The summed E-state index contributed by atoms with van der Waals surface area (Å²) >= 11 is 0. The van der Waals surface area contributed by atoms with Gasteiger partial charge in [0, 0.05) is 24.3 Å². The van der Waals surface area contributed by atoms with Crippen LogP contribution in [0, 0.1) is 12.8 Å². The molecule has 1 aliphatic rings. The number of nitrogens with zero attached hydrogens (tertiary/aromatic N) is 5. The lowest BCUT2D eigenvalue weighted by atomic mass is 10.0. The van der Waals surface area contributed by atoms with Crippen LogP contribution in [0.25, 0.3) is 5.78 Å². The van der Waals surface area contributed by atoms with Crippen LogP contribution in [0.3, 0.4) is 0 Å². The summed E-state index contributed by atoms with van der Waals surface area (Å²) in [5.74, 6) is -0.174. The highest BCUT2D eigenvalue weighted by Crippen LogP contribution is 2.27. The van der Waals surface area contributed by atoms with Crippen molar-refractivity contribution in [3.8, 4) is 0 Å². The minimum Gasteiger partial charge on any atom is -0.368 e. The Bertz CT molecular complexity index is 749. The van der Waals surface area contributed by atoms with Crippen molar-refractivity contribution in [2.24, 2.45) is 5.92 Å². The fourth-order valence-corrected chi connectivity index (χ4v) is 3.47. The van der Waals surface area contributed by atoms with Crippen LogP contribution in [-0.2, 0) is 6.18 Å². The quantitative estimate of drug-likeness (QED) is 0.845. The Labute approximate surface area is 150 Å². The predicted octanol–water partition coefficient (Wildman–Crippen LogP) is 3.37. The van der Waals surface area contributed by atoms with Gasteiger partial charge in [0.05, 0.1) is 0 Å². The highest BCUT2D eigenvalue weighted by Gasteiger charge is 2.37. The van der Waals surface area contributed by atoms with E-state index in [4.69, 9.17) is 0 Å². The molecule has 0 bridgehead atoms. The van der Waals surface area contributed by atoms with Crippen LogP contribution in [0.5, 0.6) is 0 Å². The van der Waals surface area contributed by atoms with Crippen molar-refractivity contribution in [2.45, 2.75) is 52.3 Å². The topological polar surface area (TPSA) is 58.4 Å². The fraction of sp³-hybridized carbons (Fsp3) is 0.706. The monoisotopic (exact) mass is 370 g/mol. The van der Waals surface area contributed by atoms with Crippen LogP contribution in [0.2, 0.25) is 0 Å². The maximum atomic E-state index is 12.9. The summed E-state index contributed by atoms with van der Waals surface area (Å²) in [7, 11) is 0. The van der Waals surface area contributed by atoms with Crippen LogP contribution in [0.1, 0.15) is 44.6 Å². The van der Waals surface area contributed by atoms with Gasteiger partial charge in [0.1, 0.15) is 5.82 Å². The molecule has 0 aromatic carbocycles. The molecule has 0 radical (unpaired) electrons. The van der Waals surface area contributed by atoms with Crippen molar-refractivity contribution in [3.63, 3.8) is 0 Å². The van der Waals surface area contributed by atoms with Gasteiger partial charge in [-0.2, -0.15) is 22.7 Å². The van der Waals surface area contributed by atoms with Crippen LogP contribution in [0.4, 0.5) is 19.0 Å². The third-order valence-corrected chi connectivity index (χ3v) is 4.61. The maximum Gasteiger partial charge on any atom is 0.453 e. The van der Waals surface area contributed by atoms with Gasteiger partial charge in [-0.15, -0.1) is 5.10 Å². The van der Waals surface area contributed by atoms with E-state index in [1.807, 2.05) is 0 Å². The third kappa shape index (κ3) is 4.25. The number of alkyl halides is 3. The Morgan fingerprint density at radius 2 is 1.88 bits per heavy atom. The zero-order valence-electron chi connectivity index (χ0n) is 15.3. The molecule has 0 amide bonds. The van der Waals surface area contributed by atoms with E-state index in [-0.39, 0.29) is 5.78 Å². The van der Waals surface area contributed by atoms with Gasteiger partial charge in [-0.3, -0.25) is 4.90 Å². The molecule has 144 valence electrons. The normalized spacial score (nSPS) is 17.3. The summed E-state index contributed by atoms with van der Waals surface area (Å²) in [5, 5.41) is 6.89. The van der Waals surface area contributed by atoms with Gasteiger partial charge in [-0.1, -0.05) is 13.8 Å². The average Bonchev–Trinajstić information content (AvgIpc) is 3.19. The molecule has 3 rings (SSSR count). The number of aromatic nitrogens is 4. The van der Waals surface area contributed by atoms with Crippen LogP contribution in [0.15, 0.2) is 6.07 Å². The molecule has 9 heteroatoms. The Morgan fingerprint density at radius 3 is 2.50 bits per heavy atom. The highest BCUT2D eigenvalue weighted by atomic mass is 19.4. The molecule has 2 aromatic rings. The van der Waals surface area contributed by atoms with Crippen LogP contribution >= 0.6 is 0 Å². The van der Waals surface area contributed by atoms with Gasteiger partial charge < -0.3 is 5.32 Å². The van der Waals surface area contributed by atoms with E-state index in [1.165, 1.54) is 12.8 Å². The molecule has 0 saturated carbocycles. The predicted molar refractivity (Wildman–Crippen MR) is 93.1 cm³/mol. The number of rotatable bonds is 6. The van der Waals surface area contributed by atoms with E-state index in [0.717, 1.165) is 24.0 Å². The maximum absolute atomic E-state index is 12.9. The molecule has 1 saturated heterocycles. The van der Waals surface area contributed by atoms with Gasteiger partial charge in [0.25, 0.3) is 11.6 Å². The molecule has 2 aromatic heterocycles. The Hall–Kier alpha value is -1.90. The molecular formula is C17H25F3N6. The zero-order chi connectivity index (χ0) is 18.9. The van der Waals surface area contributed by atoms with E-state index in [9.17, 15) is 13.2 Å². The minimum absolute atomic E-state index is 0.0404. The first kappa shape index (κ1) is 18.9. The van der Waals surface area contributed by atoms with E-state index in [1.54, 1.807) is 13.0 Å². The second-order valence-corrected chi connectivity index (χ2v) is 7.34. The van der Waals surface area contributed by atoms with Crippen molar-refractivity contribution in [2.75, 3.05) is 25.0 Å². The first-order valence-corrected chi connectivity index (χ1v) is 9.03. The SMILES string of the molecule is Cc1cc(NC[C@@H](CC(C)C)N2CCCC2)n2nc(C(F)(F)F)nc2n1. The van der Waals surface area contributed by atoms with Crippen molar-refractivity contribution >= 4 is 11.6 Å². The second kappa shape index (κ2) is 7.38. The summed E-state index contributed by atoms with van der Waals surface area (Å²) in [4.78, 5) is 10.0.